The number of rotatable bonds is 8. The first-order valence-electron chi connectivity index (χ1n) is 8.23. The number of pyridine rings is 1. The molecule has 2 aromatic heterocycles. The zero-order chi connectivity index (χ0) is 18.2. The fourth-order valence-electron chi connectivity index (χ4n) is 2.42. The van der Waals surface area contributed by atoms with Gasteiger partial charge in [0.05, 0.1) is 5.69 Å². The molecule has 2 heterocycles. The van der Waals surface area contributed by atoms with Gasteiger partial charge in [0.1, 0.15) is 12.4 Å². The van der Waals surface area contributed by atoms with Gasteiger partial charge in [0.15, 0.2) is 0 Å². The van der Waals surface area contributed by atoms with Gasteiger partial charge in [-0.15, -0.1) is 0 Å². The molecule has 0 bridgehead atoms. The average Bonchev–Trinajstić information content (AvgIpc) is 2.68. The van der Waals surface area contributed by atoms with E-state index in [1.54, 1.807) is 12.4 Å². The Morgan fingerprint density at radius 3 is 2.50 bits per heavy atom. The van der Waals surface area contributed by atoms with Crippen molar-refractivity contribution in [3.63, 3.8) is 0 Å². The summed E-state index contributed by atoms with van der Waals surface area (Å²) >= 11 is 0. The third-order valence-electron chi connectivity index (χ3n) is 3.66. The molecule has 3 rings (SSSR count). The zero-order valence-electron chi connectivity index (χ0n) is 14.1. The molecular formula is C19H19N5O2. The number of carbonyl (C=O) groups is 1. The minimum atomic E-state index is -0.971. The van der Waals surface area contributed by atoms with E-state index in [2.05, 4.69) is 37.7 Å². The molecule has 7 nitrogen and oxygen atoms in total. The third-order valence-corrected chi connectivity index (χ3v) is 3.66. The Labute approximate surface area is 151 Å². The summed E-state index contributed by atoms with van der Waals surface area (Å²) in [6, 6.07) is 15.7. The van der Waals surface area contributed by atoms with Crippen molar-refractivity contribution >= 4 is 17.7 Å². The van der Waals surface area contributed by atoms with Gasteiger partial charge >= 0.3 is 5.97 Å². The summed E-state index contributed by atoms with van der Waals surface area (Å²) in [4.78, 5) is 23.5. The van der Waals surface area contributed by atoms with Gasteiger partial charge in [-0.1, -0.05) is 30.3 Å². The van der Waals surface area contributed by atoms with Crippen molar-refractivity contribution in [1.29, 1.82) is 0 Å². The van der Waals surface area contributed by atoms with Gasteiger partial charge in [0, 0.05) is 30.6 Å². The van der Waals surface area contributed by atoms with E-state index in [9.17, 15) is 4.79 Å². The van der Waals surface area contributed by atoms with Gasteiger partial charge in [-0.2, -0.15) is 4.98 Å². The van der Waals surface area contributed by atoms with Crippen LogP contribution in [0.4, 0.5) is 11.8 Å². The molecule has 132 valence electrons. The van der Waals surface area contributed by atoms with E-state index in [4.69, 9.17) is 5.11 Å². The lowest BCUT2D eigenvalue weighted by Crippen LogP contribution is -2.15. The molecule has 0 aliphatic rings. The largest absolute Gasteiger partial charge is 0.480 e. The number of aromatic nitrogens is 3. The van der Waals surface area contributed by atoms with E-state index in [-0.39, 0.29) is 12.5 Å². The normalized spacial score (nSPS) is 10.3. The maximum Gasteiger partial charge on any atom is 0.322 e. The number of carboxylic acids is 1. The molecule has 0 unspecified atom stereocenters. The smallest absolute Gasteiger partial charge is 0.322 e. The molecule has 1 aromatic carbocycles. The van der Waals surface area contributed by atoms with Crippen LogP contribution in [0.3, 0.4) is 0 Å². The maximum absolute atomic E-state index is 10.8. The van der Waals surface area contributed by atoms with Crippen molar-refractivity contribution < 1.29 is 9.90 Å². The van der Waals surface area contributed by atoms with Crippen molar-refractivity contribution in [3.8, 4) is 11.3 Å². The highest BCUT2D eigenvalue weighted by Crippen LogP contribution is 2.20. The van der Waals surface area contributed by atoms with Crippen LogP contribution in [0.2, 0.25) is 0 Å². The molecule has 0 radical (unpaired) electrons. The molecule has 0 saturated heterocycles. The van der Waals surface area contributed by atoms with Gasteiger partial charge in [-0.05, 0) is 24.1 Å². The van der Waals surface area contributed by atoms with Crippen LogP contribution in [0.25, 0.3) is 11.3 Å². The summed E-state index contributed by atoms with van der Waals surface area (Å²) < 4.78 is 0. The number of hydrogen-bond acceptors (Lipinski definition) is 6. The first kappa shape index (κ1) is 17.3. The highest BCUT2D eigenvalue weighted by Gasteiger charge is 2.08. The van der Waals surface area contributed by atoms with Gasteiger partial charge < -0.3 is 15.7 Å². The van der Waals surface area contributed by atoms with Gasteiger partial charge in [-0.3, -0.25) is 9.78 Å². The molecule has 0 saturated carbocycles. The SMILES string of the molecule is O=C(O)CNc1nc(NCCc2ccccc2)cc(-c2ccncc2)n1. The third kappa shape index (κ3) is 5.01. The van der Waals surface area contributed by atoms with E-state index < -0.39 is 5.97 Å². The van der Waals surface area contributed by atoms with Crippen LogP contribution in [-0.2, 0) is 11.2 Å². The molecule has 7 heteroatoms. The topological polar surface area (TPSA) is 100 Å². The lowest BCUT2D eigenvalue weighted by atomic mass is 10.1. The highest BCUT2D eigenvalue weighted by molar-refractivity contribution is 5.72. The highest BCUT2D eigenvalue weighted by atomic mass is 16.4. The second-order valence-corrected chi connectivity index (χ2v) is 5.61. The van der Waals surface area contributed by atoms with Crippen LogP contribution in [-0.4, -0.2) is 39.1 Å². The molecule has 26 heavy (non-hydrogen) atoms. The van der Waals surface area contributed by atoms with Crippen LogP contribution < -0.4 is 10.6 Å². The Bertz CT molecular complexity index is 856. The Morgan fingerprint density at radius 2 is 1.77 bits per heavy atom. The molecule has 0 aliphatic heterocycles. The molecule has 0 amide bonds. The molecule has 3 N–H and O–H groups in total. The molecule has 3 aromatic rings. The zero-order valence-corrected chi connectivity index (χ0v) is 14.1. The summed E-state index contributed by atoms with van der Waals surface area (Å²) in [6.07, 6.45) is 4.22. The molecule has 0 spiro atoms. The summed E-state index contributed by atoms with van der Waals surface area (Å²) in [5.74, 6) is -0.0685. The monoisotopic (exact) mass is 349 g/mol. The van der Waals surface area contributed by atoms with Crippen molar-refractivity contribution in [2.24, 2.45) is 0 Å². The van der Waals surface area contributed by atoms with Gasteiger partial charge in [0.25, 0.3) is 0 Å². The number of aliphatic carboxylic acids is 1. The number of hydrogen-bond donors (Lipinski definition) is 3. The van der Waals surface area contributed by atoms with Crippen molar-refractivity contribution in [2.45, 2.75) is 6.42 Å². The average molecular weight is 349 g/mol. The van der Waals surface area contributed by atoms with Crippen molar-refractivity contribution in [1.82, 2.24) is 15.0 Å². The molecule has 0 fully saturated rings. The van der Waals surface area contributed by atoms with E-state index >= 15 is 0 Å². The van der Waals surface area contributed by atoms with Crippen LogP contribution in [0.1, 0.15) is 5.56 Å². The van der Waals surface area contributed by atoms with E-state index in [0.717, 1.165) is 12.0 Å². The summed E-state index contributed by atoms with van der Waals surface area (Å²) in [5.41, 5.74) is 2.80. The molecule has 0 aliphatic carbocycles. The lowest BCUT2D eigenvalue weighted by Gasteiger charge is -2.11. The van der Waals surface area contributed by atoms with Crippen LogP contribution in [0, 0.1) is 0 Å². The minimum absolute atomic E-state index is 0.247. The Kier molecular flexibility index (Phi) is 5.72. The number of benzene rings is 1. The predicted octanol–water partition coefficient (Wildman–Crippen LogP) is 2.69. The Morgan fingerprint density at radius 1 is 1.00 bits per heavy atom. The fourth-order valence-corrected chi connectivity index (χ4v) is 2.42. The first-order valence-corrected chi connectivity index (χ1v) is 8.23. The van der Waals surface area contributed by atoms with E-state index in [1.807, 2.05) is 36.4 Å². The molecular weight excluding hydrogens is 330 g/mol. The number of anilines is 2. The van der Waals surface area contributed by atoms with Crippen LogP contribution in [0.15, 0.2) is 60.9 Å². The number of carboxylic acid groups (broad SMARTS) is 1. The molecule has 0 atom stereocenters. The van der Waals surface area contributed by atoms with Gasteiger partial charge in [-0.25, -0.2) is 4.98 Å². The van der Waals surface area contributed by atoms with Crippen molar-refractivity contribution in [2.75, 3.05) is 23.7 Å². The van der Waals surface area contributed by atoms with E-state index in [0.29, 0.717) is 18.1 Å². The Balaban J connectivity index is 1.76. The van der Waals surface area contributed by atoms with E-state index in [1.165, 1.54) is 5.56 Å². The Hall–Kier alpha value is -3.48. The summed E-state index contributed by atoms with van der Waals surface area (Å²) in [5, 5.41) is 14.9. The number of nitrogens with one attached hydrogen (secondary N) is 2. The van der Waals surface area contributed by atoms with Gasteiger partial charge in [0.2, 0.25) is 5.95 Å². The van der Waals surface area contributed by atoms with Crippen LogP contribution in [0.5, 0.6) is 0 Å². The second kappa shape index (κ2) is 8.57. The first-order chi connectivity index (χ1) is 12.7. The van der Waals surface area contributed by atoms with Crippen molar-refractivity contribution in [3.05, 3.63) is 66.5 Å². The summed E-state index contributed by atoms with van der Waals surface area (Å²) in [6.45, 7) is 0.457. The summed E-state index contributed by atoms with van der Waals surface area (Å²) in [7, 11) is 0. The quantitative estimate of drug-likeness (QED) is 0.575. The predicted molar refractivity (Wildman–Crippen MR) is 100 cm³/mol. The second-order valence-electron chi connectivity index (χ2n) is 5.61. The minimum Gasteiger partial charge on any atom is -0.480 e. The number of nitrogens with zero attached hydrogens (tertiary/aromatic N) is 3. The lowest BCUT2D eigenvalue weighted by molar-refractivity contribution is -0.134. The fraction of sp³-hybridized carbons (Fsp3) is 0.158. The standard InChI is InChI=1S/C19H19N5O2/c25-18(26)13-22-19-23-16(15-7-9-20-10-8-15)12-17(24-19)21-11-6-14-4-2-1-3-5-14/h1-5,7-10,12H,6,11,13H2,(H,25,26)(H2,21,22,23,24). The van der Waals surface area contributed by atoms with Crippen LogP contribution >= 0.6 is 0 Å². The maximum atomic E-state index is 10.8.